The number of amides is 1. The van der Waals surface area contributed by atoms with E-state index in [2.05, 4.69) is 32.0 Å². The van der Waals surface area contributed by atoms with Crippen molar-refractivity contribution in [3.63, 3.8) is 0 Å². The molecule has 6 nitrogen and oxygen atoms in total. The van der Waals surface area contributed by atoms with E-state index in [4.69, 9.17) is 0 Å². The molecule has 2 aromatic heterocycles. The first kappa shape index (κ1) is 18.4. The molecule has 2 rings (SSSR count). The van der Waals surface area contributed by atoms with Gasteiger partial charge in [0, 0.05) is 30.0 Å². The number of nitrogens with one attached hydrogen (secondary N) is 1. The average Bonchev–Trinajstić information content (AvgIpc) is 2.90. The summed E-state index contributed by atoms with van der Waals surface area (Å²) < 4.78 is 2.07. The fourth-order valence-electron chi connectivity index (χ4n) is 2.20. The molecule has 2 heterocycles. The fraction of sp³-hybridized carbons (Fsp3) is 0.529. The number of hydrogen-bond donors (Lipinski definition) is 1. The highest BCUT2D eigenvalue weighted by atomic mass is 32.2. The van der Waals surface area contributed by atoms with E-state index in [0.717, 1.165) is 29.5 Å². The minimum absolute atomic E-state index is 0.00371. The van der Waals surface area contributed by atoms with Gasteiger partial charge >= 0.3 is 0 Å². The summed E-state index contributed by atoms with van der Waals surface area (Å²) in [7, 11) is 0. The van der Waals surface area contributed by atoms with E-state index in [0.29, 0.717) is 0 Å². The summed E-state index contributed by atoms with van der Waals surface area (Å²) in [6, 6.07) is 3.83. The maximum absolute atomic E-state index is 12.3. The van der Waals surface area contributed by atoms with Gasteiger partial charge in [-0.2, -0.15) is 0 Å². The zero-order valence-electron chi connectivity index (χ0n) is 14.9. The van der Waals surface area contributed by atoms with Crippen molar-refractivity contribution in [1.82, 2.24) is 25.1 Å². The van der Waals surface area contributed by atoms with Crippen molar-refractivity contribution in [3.8, 4) is 11.4 Å². The molecule has 0 saturated carbocycles. The van der Waals surface area contributed by atoms with Gasteiger partial charge in [-0.3, -0.25) is 9.78 Å². The molecule has 7 heteroatoms. The molecule has 1 N–H and O–H groups in total. The lowest BCUT2D eigenvalue weighted by Gasteiger charge is -2.23. The predicted molar refractivity (Wildman–Crippen MR) is 96.8 cm³/mol. The van der Waals surface area contributed by atoms with Crippen LogP contribution >= 0.6 is 11.8 Å². The maximum atomic E-state index is 12.3. The smallest absolute Gasteiger partial charge is 0.233 e. The summed E-state index contributed by atoms with van der Waals surface area (Å²) >= 11 is 1.44. The summed E-state index contributed by atoms with van der Waals surface area (Å²) in [4.78, 5) is 16.4. The Kier molecular flexibility index (Phi) is 5.99. The third-order valence-electron chi connectivity index (χ3n) is 3.25. The number of hydrogen-bond acceptors (Lipinski definition) is 5. The summed E-state index contributed by atoms with van der Waals surface area (Å²) in [5.74, 6) is 0.814. The SMILES string of the molecule is CCCn1c(SC(C)C(=O)NC(C)(C)C)nnc1-c1ccncc1. The molecule has 1 unspecified atom stereocenters. The van der Waals surface area contributed by atoms with Gasteiger partial charge in [0.05, 0.1) is 5.25 Å². The highest BCUT2D eigenvalue weighted by Crippen LogP contribution is 2.27. The van der Waals surface area contributed by atoms with E-state index in [1.54, 1.807) is 12.4 Å². The third kappa shape index (κ3) is 4.80. The van der Waals surface area contributed by atoms with Gasteiger partial charge in [-0.05, 0) is 46.2 Å². The van der Waals surface area contributed by atoms with Crippen molar-refractivity contribution >= 4 is 17.7 Å². The Bertz CT molecular complexity index is 678. The lowest BCUT2D eigenvalue weighted by Crippen LogP contribution is -2.44. The third-order valence-corrected chi connectivity index (χ3v) is 4.33. The topological polar surface area (TPSA) is 72.7 Å². The molecule has 0 aliphatic heterocycles. The predicted octanol–water partition coefficient (Wildman–Crippen LogP) is 3.15. The van der Waals surface area contributed by atoms with Crippen LogP contribution in [0.25, 0.3) is 11.4 Å². The van der Waals surface area contributed by atoms with E-state index >= 15 is 0 Å². The van der Waals surface area contributed by atoms with Crippen molar-refractivity contribution in [2.24, 2.45) is 0 Å². The summed E-state index contributed by atoms with van der Waals surface area (Å²) in [5, 5.41) is 12.2. The van der Waals surface area contributed by atoms with Crippen molar-refractivity contribution in [3.05, 3.63) is 24.5 Å². The standard InChI is InChI=1S/C17H25N5OS/c1-6-11-22-14(13-7-9-18-10-8-13)20-21-16(22)24-12(2)15(23)19-17(3,4)5/h7-10,12H,6,11H2,1-5H3,(H,19,23). The number of nitrogens with zero attached hydrogens (tertiary/aromatic N) is 4. The van der Waals surface area contributed by atoms with E-state index in [9.17, 15) is 4.79 Å². The molecule has 0 fully saturated rings. The Balaban J connectivity index is 2.22. The van der Waals surface area contributed by atoms with Gasteiger partial charge in [0.2, 0.25) is 5.91 Å². The van der Waals surface area contributed by atoms with Crippen LogP contribution in [0.5, 0.6) is 0 Å². The molecule has 24 heavy (non-hydrogen) atoms. The zero-order valence-corrected chi connectivity index (χ0v) is 15.7. The van der Waals surface area contributed by atoms with Crippen LogP contribution in [0.15, 0.2) is 29.7 Å². The zero-order chi connectivity index (χ0) is 17.7. The van der Waals surface area contributed by atoms with Crippen LogP contribution in [-0.2, 0) is 11.3 Å². The first-order valence-electron chi connectivity index (χ1n) is 8.14. The largest absolute Gasteiger partial charge is 0.351 e. The van der Waals surface area contributed by atoms with Gasteiger partial charge in [-0.1, -0.05) is 18.7 Å². The molecule has 0 aromatic carbocycles. The lowest BCUT2D eigenvalue weighted by molar-refractivity contribution is -0.121. The Morgan fingerprint density at radius 2 is 1.96 bits per heavy atom. The van der Waals surface area contributed by atoms with Gasteiger partial charge in [0.25, 0.3) is 0 Å². The highest BCUT2D eigenvalue weighted by molar-refractivity contribution is 8.00. The summed E-state index contributed by atoms with van der Waals surface area (Å²) in [6.45, 7) is 10.7. The summed E-state index contributed by atoms with van der Waals surface area (Å²) in [6.07, 6.45) is 4.45. The fourth-order valence-corrected chi connectivity index (χ4v) is 3.07. The number of rotatable bonds is 6. The second-order valence-corrected chi connectivity index (χ2v) is 8.00. The van der Waals surface area contributed by atoms with Crippen LogP contribution in [0.3, 0.4) is 0 Å². The minimum Gasteiger partial charge on any atom is -0.351 e. The highest BCUT2D eigenvalue weighted by Gasteiger charge is 2.23. The Morgan fingerprint density at radius 1 is 1.29 bits per heavy atom. The first-order chi connectivity index (χ1) is 11.3. The van der Waals surface area contributed by atoms with E-state index in [1.165, 1.54) is 11.8 Å². The Morgan fingerprint density at radius 3 is 2.54 bits per heavy atom. The monoisotopic (exact) mass is 347 g/mol. The molecular weight excluding hydrogens is 322 g/mol. The number of carbonyl (C=O) groups is 1. The normalized spacial score (nSPS) is 12.9. The van der Waals surface area contributed by atoms with E-state index < -0.39 is 0 Å². The molecule has 0 aliphatic rings. The van der Waals surface area contributed by atoms with Gasteiger partial charge in [-0.15, -0.1) is 10.2 Å². The molecule has 0 radical (unpaired) electrons. The Hall–Kier alpha value is -1.89. The van der Waals surface area contributed by atoms with Gasteiger partial charge in [0.1, 0.15) is 0 Å². The average molecular weight is 347 g/mol. The quantitative estimate of drug-likeness (QED) is 0.813. The van der Waals surface area contributed by atoms with Crippen LogP contribution < -0.4 is 5.32 Å². The molecular formula is C17H25N5OS. The van der Waals surface area contributed by atoms with E-state index in [-0.39, 0.29) is 16.7 Å². The van der Waals surface area contributed by atoms with Gasteiger partial charge in [0.15, 0.2) is 11.0 Å². The van der Waals surface area contributed by atoms with Crippen molar-refractivity contribution in [2.45, 2.75) is 63.5 Å². The molecule has 1 amide bonds. The van der Waals surface area contributed by atoms with Crippen molar-refractivity contribution in [2.75, 3.05) is 0 Å². The number of pyridine rings is 1. The van der Waals surface area contributed by atoms with Gasteiger partial charge in [-0.25, -0.2) is 0 Å². The number of carbonyl (C=O) groups excluding carboxylic acids is 1. The van der Waals surface area contributed by atoms with Crippen LogP contribution in [0.1, 0.15) is 41.0 Å². The van der Waals surface area contributed by atoms with Crippen LogP contribution in [0, 0.1) is 0 Å². The number of thioether (sulfide) groups is 1. The maximum Gasteiger partial charge on any atom is 0.233 e. The van der Waals surface area contributed by atoms with Crippen LogP contribution in [-0.4, -0.2) is 36.4 Å². The molecule has 1 atom stereocenters. The molecule has 0 saturated heterocycles. The second-order valence-electron chi connectivity index (χ2n) is 6.69. The van der Waals surface area contributed by atoms with Gasteiger partial charge < -0.3 is 9.88 Å². The first-order valence-corrected chi connectivity index (χ1v) is 9.02. The second kappa shape index (κ2) is 7.79. The van der Waals surface area contributed by atoms with E-state index in [1.807, 2.05) is 39.8 Å². The van der Waals surface area contributed by atoms with Crippen molar-refractivity contribution in [1.29, 1.82) is 0 Å². The molecule has 0 aliphatic carbocycles. The molecule has 2 aromatic rings. The number of aromatic nitrogens is 4. The molecule has 0 bridgehead atoms. The lowest BCUT2D eigenvalue weighted by atomic mass is 10.1. The van der Waals surface area contributed by atoms with Crippen LogP contribution in [0.2, 0.25) is 0 Å². The molecule has 0 spiro atoms. The minimum atomic E-state index is -0.245. The van der Waals surface area contributed by atoms with Crippen LogP contribution in [0.4, 0.5) is 0 Å². The van der Waals surface area contributed by atoms with Crippen molar-refractivity contribution < 1.29 is 4.79 Å². The Labute approximate surface area is 147 Å². The summed E-state index contributed by atoms with van der Waals surface area (Å²) in [5.41, 5.74) is 0.732. The molecule has 130 valence electrons.